The molecule has 1 heterocycles. The zero-order valence-corrected chi connectivity index (χ0v) is 19.9. The van der Waals surface area contributed by atoms with E-state index in [9.17, 15) is 14.4 Å². The van der Waals surface area contributed by atoms with Gasteiger partial charge in [0.15, 0.2) is 0 Å². The second-order valence-electron chi connectivity index (χ2n) is 7.82. The average Bonchev–Trinajstić information content (AvgIpc) is 2.71. The van der Waals surface area contributed by atoms with Crippen LogP contribution in [0, 0.1) is 0 Å². The molecule has 1 aromatic carbocycles. The summed E-state index contributed by atoms with van der Waals surface area (Å²) < 4.78 is 15.5. The molecule has 1 N–H and O–H groups in total. The van der Waals surface area contributed by atoms with Gasteiger partial charge in [-0.25, -0.2) is 14.4 Å². The zero-order chi connectivity index (χ0) is 23.2. The number of ether oxygens (including phenoxy) is 3. The van der Waals surface area contributed by atoms with Crippen molar-refractivity contribution in [1.82, 2.24) is 4.90 Å². The minimum atomic E-state index is -0.691. The van der Waals surface area contributed by atoms with Gasteiger partial charge in [0.1, 0.15) is 11.3 Å². The van der Waals surface area contributed by atoms with Gasteiger partial charge in [-0.3, -0.25) is 0 Å². The summed E-state index contributed by atoms with van der Waals surface area (Å²) in [4.78, 5) is 39.5. The summed E-state index contributed by atoms with van der Waals surface area (Å²) in [7, 11) is 2.45. The highest BCUT2D eigenvalue weighted by molar-refractivity contribution is 9.10. The number of esters is 2. The molecule has 1 amide bonds. The summed E-state index contributed by atoms with van der Waals surface area (Å²) in [6.07, 6.45) is 0.724. The number of piperazine rings is 1. The Bertz CT molecular complexity index is 857. The number of nitrogens with one attached hydrogen (secondary N) is 1. The third kappa shape index (κ3) is 7.16. The van der Waals surface area contributed by atoms with Crippen molar-refractivity contribution in [2.24, 2.45) is 0 Å². The molecular formula is C21H28BrN3O6. The highest BCUT2D eigenvalue weighted by Crippen LogP contribution is 2.31. The van der Waals surface area contributed by atoms with Crippen molar-refractivity contribution >= 4 is 45.3 Å². The standard InChI is InChI=1S/C21H28BrN3O6/c1-21(2,3)31-20(28)25-10-8-24(9-11-25)17-7-6-14(12-15(17)22)23-16(19(27)30-5)13-18(26)29-4/h6-7,12-13,23H,8-11H2,1-5H3/b16-13+. The van der Waals surface area contributed by atoms with Crippen molar-refractivity contribution in [2.75, 3.05) is 50.6 Å². The number of halogens is 1. The lowest BCUT2D eigenvalue weighted by Gasteiger charge is -2.37. The molecule has 1 aliphatic heterocycles. The van der Waals surface area contributed by atoms with Gasteiger partial charge >= 0.3 is 18.0 Å². The average molecular weight is 498 g/mol. The maximum absolute atomic E-state index is 12.2. The molecule has 2 rings (SSSR count). The molecule has 0 aromatic heterocycles. The van der Waals surface area contributed by atoms with Gasteiger partial charge in [-0.05, 0) is 54.9 Å². The predicted octanol–water partition coefficient (Wildman–Crippen LogP) is 3.15. The summed E-state index contributed by atoms with van der Waals surface area (Å²) in [5, 5.41) is 2.88. The molecule has 170 valence electrons. The fraction of sp³-hybridized carbons (Fsp3) is 0.476. The van der Waals surface area contributed by atoms with Crippen molar-refractivity contribution in [1.29, 1.82) is 0 Å². The molecule has 1 fully saturated rings. The molecule has 0 aliphatic carbocycles. The number of carbonyl (C=O) groups excluding carboxylic acids is 3. The first-order chi connectivity index (χ1) is 14.5. The number of carbonyl (C=O) groups is 3. The van der Waals surface area contributed by atoms with E-state index < -0.39 is 17.5 Å². The number of hydrogen-bond acceptors (Lipinski definition) is 8. The van der Waals surface area contributed by atoms with Gasteiger partial charge < -0.3 is 29.3 Å². The van der Waals surface area contributed by atoms with Gasteiger partial charge in [-0.15, -0.1) is 0 Å². The van der Waals surface area contributed by atoms with Crippen LogP contribution in [-0.4, -0.2) is 68.9 Å². The van der Waals surface area contributed by atoms with Crippen LogP contribution in [0.25, 0.3) is 0 Å². The SMILES string of the molecule is COC(=O)/C=C(/Nc1ccc(N2CCN(C(=O)OC(C)(C)C)CC2)c(Br)c1)C(=O)OC. The molecule has 9 nitrogen and oxygen atoms in total. The van der Waals surface area contributed by atoms with Crippen molar-refractivity contribution in [3.8, 4) is 0 Å². The first-order valence-corrected chi connectivity index (χ1v) is 10.5. The predicted molar refractivity (Wildman–Crippen MR) is 120 cm³/mol. The Balaban J connectivity index is 2.06. The first kappa shape index (κ1) is 24.5. The van der Waals surface area contributed by atoms with E-state index in [0.717, 1.165) is 16.2 Å². The number of methoxy groups -OCH3 is 2. The first-order valence-electron chi connectivity index (χ1n) is 9.71. The maximum Gasteiger partial charge on any atom is 0.410 e. The number of hydrogen-bond donors (Lipinski definition) is 1. The lowest BCUT2D eigenvalue weighted by Crippen LogP contribution is -2.50. The van der Waals surface area contributed by atoms with Gasteiger partial charge in [-0.1, -0.05) is 0 Å². The minimum absolute atomic E-state index is 0.0417. The van der Waals surface area contributed by atoms with Crippen LogP contribution in [0.4, 0.5) is 16.2 Å². The van der Waals surface area contributed by atoms with Crippen molar-refractivity contribution < 1.29 is 28.6 Å². The van der Waals surface area contributed by atoms with Crippen molar-refractivity contribution in [3.05, 3.63) is 34.4 Å². The fourth-order valence-electron chi connectivity index (χ4n) is 2.89. The summed E-state index contributed by atoms with van der Waals surface area (Å²) in [6, 6.07) is 5.47. The monoisotopic (exact) mass is 497 g/mol. The van der Waals surface area contributed by atoms with Crippen LogP contribution in [0.2, 0.25) is 0 Å². The Hall–Kier alpha value is -2.75. The van der Waals surface area contributed by atoms with Crippen LogP contribution in [0.15, 0.2) is 34.4 Å². The van der Waals surface area contributed by atoms with Gasteiger partial charge in [0, 0.05) is 36.3 Å². The number of benzene rings is 1. The maximum atomic E-state index is 12.2. The Labute approximate surface area is 190 Å². The van der Waals surface area contributed by atoms with Crippen molar-refractivity contribution in [3.63, 3.8) is 0 Å². The van der Waals surface area contributed by atoms with Crippen LogP contribution in [0.3, 0.4) is 0 Å². The molecule has 0 spiro atoms. The molecule has 1 aliphatic rings. The van der Waals surface area contributed by atoms with Crippen LogP contribution >= 0.6 is 15.9 Å². The Morgan fingerprint density at radius 3 is 2.23 bits per heavy atom. The Kier molecular flexibility index (Phi) is 8.32. The highest BCUT2D eigenvalue weighted by Gasteiger charge is 2.26. The highest BCUT2D eigenvalue weighted by atomic mass is 79.9. The number of nitrogens with zero attached hydrogens (tertiary/aromatic N) is 2. The molecule has 0 radical (unpaired) electrons. The van der Waals surface area contributed by atoms with E-state index in [0.29, 0.717) is 31.9 Å². The van der Waals surface area contributed by atoms with Crippen LogP contribution in [-0.2, 0) is 23.8 Å². The Morgan fingerprint density at radius 1 is 1.06 bits per heavy atom. The molecule has 0 saturated carbocycles. The number of anilines is 2. The van der Waals surface area contributed by atoms with Crippen molar-refractivity contribution in [2.45, 2.75) is 26.4 Å². The minimum Gasteiger partial charge on any atom is -0.466 e. The Morgan fingerprint density at radius 2 is 1.71 bits per heavy atom. The molecule has 0 unspecified atom stereocenters. The lowest BCUT2D eigenvalue weighted by atomic mass is 10.2. The number of amides is 1. The summed E-state index contributed by atoms with van der Waals surface area (Å²) >= 11 is 3.56. The zero-order valence-electron chi connectivity index (χ0n) is 18.4. The molecule has 0 atom stereocenters. The van der Waals surface area contributed by atoms with E-state index in [1.165, 1.54) is 14.2 Å². The lowest BCUT2D eigenvalue weighted by molar-refractivity contribution is -0.138. The summed E-state index contributed by atoms with van der Waals surface area (Å²) in [6.45, 7) is 7.95. The second kappa shape index (κ2) is 10.5. The van der Waals surface area contributed by atoms with E-state index in [4.69, 9.17) is 9.47 Å². The third-order valence-electron chi connectivity index (χ3n) is 4.37. The topological polar surface area (TPSA) is 97.4 Å². The third-order valence-corrected chi connectivity index (χ3v) is 5.00. The summed E-state index contributed by atoms with van der Waals surface area (Å²) in [5.41, 5.74) is 0.973. The van der Waals surface area contributed by atoms with Crippen LogP contribution in [0.1, 0.15) is 20.8 Å². The van der Waals surface area contributed by atoms with Gasteiger partial charge in [0.25, 0.3) is 0 Å². The van der Waals surface area contributed by atoms with Gasteiger partial charge in [-0.2, -0.15) is 0 Å². The summed E-state index contributed by atoms with van der Waals surface area (Å²) in [5.74, 6) is -1.37. The van der Waals surface area contributed by atoms with Gasteiger partial charge in [0.2, 0.25) is 0 Å². The second-order valence-corrected chi connectivity index (χ2v) is 8.67. The molecule has 1 saturated heterocycles. The van der Waals surface area contributed by atoms with Crippen LogP contribution < -0.4 is 10.2 Å². The van der Waals surface area contributed by atoms with Gasteiger partial charge in [0.05, 0.1) is 26.0 Å². The largest absolute Gasteiger partial charge is 0.466 e. The van der Waals surface area contributed by atoms with Crippen LogP contribution in [0.5, 0.6) is 0 Å². The molecular weight excluding hydrogens is 470 g/mol. The molecule has 0 bridgehead atoms. The van der Waals surface area contributed by atoms with E-state index >= 15 is 0 Å². The molecule has 1 aromatic rings. The van der Waals surface area contributed by atoms with E-state index in [1.807, 2.05) is 26.8 Å². The normalized spacial score (nSPS) is 14.7. The smallest absolute Gasteiger partial charge is 0.410 e. The van der Waals surface area contributed by atoms with E-state index in [2.05, 4.69) is 30.9 Å². The molecule has 10 heteroatoms. The van der Waals surface area contributed by atoms with E-state index in [1.54, 1.807) is 17.0 Å². The fourth-order valence-corrected chi connectivity index (χ4v) is 3.52. The molecule has 31 heavy (non-hydrogen) atoms. The van der Waals surface area contributed by atoms with E-state index in [-0.39, 0.29) is 11.8 Å². The number of rotatable bonds is 5. The quantitative estimate of drug-likeness (QED) is 0.376.